The van der Waals surface area contributed by atoms with Crippen LogP contribution in [0.25, 0.3) is 0 Å². The fourth-order valence-electron chi connectivity index (χ4n) is 2.09. The molecule has 22 heavy (non-hydrogen) atoms. The van der Waals surface area contributed by atoms with Crippen molar-refractivity contribution in [1.82, 2.24) is 9.97 Å². The standard InChI is InChI=1S/C17H21FIN3/c1-11(18)15-14(19)16(22-10-21-15)20-9-12-5-7-13(8-6-12)17(2,3)4/h5-8,10-11H,9H2,1-4H3,(H,20,21,22). The largest absolute Gasteiger partial charge is 0.365 e. The number of aromatic nitrogens is 2. The van der Waals surface area contributed by atoms with Gasteiger partial charge in [-0.25, -0.2) is 14.4 Å². The van der Waals surface area contributed by atoms with Crippen LogP contribution in [0.4, 0.5) is 10.2 Å². The summed E-state index contributed by atoms with van der Waals surface area (Å²) in [6.45, 7) is 8.73. The molecule has 3 nitrogen and oxygen atoms in total. The molecule has 0 radical (unpaired) electrons. The van der Waals surface area contributed by atoms with Gasteiger partial charge in [-0.1, -0.05) is 45.0 Å². The highest BCUT2D eigenvalue weighted by atomic mass is 127. The average Bonchev–Trinajstić information content (AvgIpc) is 2.45. The Hall–Kier alpha value is -1.24. The van der Waals surface area contributed by atoms with Gasteiger partial charge in [-0.2, -0.15) is 0 Å². The first kappa shape index (κ1) is 17.1. The lowest BCUT2D eigenvalue weighted by Crippen LogP contribution is -2.11. The summed E-state index contributed by atoms with van der Waals surface area (Å²) in [4.78, 5) is 8.20. The maximum absolute atomic E-state index is 13.5. The van der Waals surface area contributed by atoms with E-state index in [1.165, 1.54) is 18.8 Å². The number of anilines is 1. The fourth-order valence-corrected chi connectivity index (χ4v) is 2.99. The summed E-state index contributed by atoms with van der Waals surface area (Å²) in [6.07, 6.45) is 0.306. The van der Waals surface area contributed by atoms with Gasteiger partial charge in [-0.15, -0.1) is 0 Å². The number of hydrogen-bond acceptors (Lipinski definition) is 3. The first-order valence-electron chi connectivity index (χ1n) is 7.27. The van der Waals surface area contributed by atoms with E-state index in [9.17, 15) is 4.39 Å². The van der Waals surface area contributed by atoms with Crippen LogP contribution >= 0.6 is 22.6 Å². The fraction of sp³-hybridized carbons (Fsp3) is 0.412. The van der Waals surface area contributed by atoms with Crippen LogP contribution in [0.15, 0.2) is 30.6 Å². The third kappa shape index (κ3) is 4.15. The van der Waals surface area contributed by atoms with Gasteiger partial charge in [0, 0.05) is 6.54 Å². The Morgan fingerprint density at radius 2 is 1.82 bits per heavy atom. The number of alkyl halides is 1. The Labute approximate surface area is 144 Å². The van der Waals surface area contributed by atoms with Gasteiger partial charge in [0.1, 0.15) is 18.3 Å². The van der Waals surface area contributed by atoms with Crippen molar-refractivity contribution in [3.63, 3.8) is 0 Å². The molecular formula is C17H21FIN3. The summed E-state index contributed by atoms with van der Waals surface area (Å²) < 4.78 is 14.2. The summed E-state index contributed by atoms with van der Waals surface area (Å²) in [7, 11) is 0. The molecule has 118 valence electrons. The molecule has 0 amide bonds. The molecule has 1 aromatic carbocycles. The molecule has 0 bridgehead atoms. The van der Waals surface area contributed by atoms with Crippen molar-refractivity contribution in [2.24, 2.45) is 0 Å². The minimum absolute atomic E-state index is 0.153. The van der Waals surface area contributed by atoms with Crippen LogP contribution in [0.5, 0.6) is 0 Å². The quantitative estimate of drug-likeness (QED) is 0.716. The lowest BCUT2D eigenvalue weighted by molar-refractivity contribution is 0.364. The summed E-state index contributed by atoms with van der Waals surface area (Å²) in [5.41, 5.74) is 3.06. The number of rotatable bonds is 4. The summed E-state index contributed by atoms with van der Waals surface area (Å²) in [5.74, 6) is 0.676. The smallest absolute Gasteiger partial charge is 0.143 e. The minimum atomic E-state index is -1.10. The molecule has 0 aliphatic heterocycles. The Balaban J connectivity index is 2.09. The number of hydrogen-bond donors (Lipinski definition) is 1. The number of benzene rings is 1. The molecular weight excluding hydrogens is 392 g/mol. The van der Waals surface area contributed by atoms with E-state index in [1.807, 2.05) is 0 Å². The van der Waals surface area contributed by atoms with Gasteiger partial charge in [-0.05, 0) is 46.1 Å². The molecule has 1 atom stereocenters. The van der Waals surface area contributed by atoms with Crippen molar-refractivity contribution < 1.29 is 4.39 Å². The van der Waals surface area contributed by atoms with E-state index in [2.05, 4.69) is 82.9 Å². The molecule has 0 saturated heterocycles. The summed E-state index contributed by atoms with van der Waals surface area (Å²) in [5, 5.41) is 3.26. The number of nitrogens with one attached hydrogen (secondary N) is 1. The number of nitrogens with zero attached hydrogens (tertiary/aromatic N) is 2. The molecule has 2 rings (SSSR count). The van der Waals surface area contributed by atoms with Gasteiger partial charge >= 0.3 is 0 Å². The highest BCUT2D eigenvalue weighted by Crippen LogP contribution is 2.26. The normalized spacial score (nSPS) is 13.0. The monoisotopic (exact) mass is 413 g/mol. The maximum Gasteiger partial charge on any atom is 0.143 e. The number of halogens is 2. The van der Waals surface area contributed by atoms with Crippen LogP contribution in [0.3, 0.4) is 0 Å². The maximum atomic E-state index is 13.5. The van der Waals surface area contributed by atoms with Crippen LogP contribution in [0, 0.1) is 3.57 Å². The molecule has 0 aliphatic carbocycles. The van der Waals surface area contributed by atoms with Crippen LogP contribution in [0.1, 0.15) is 50.7 Å². The molecule has 1 aromatic heterocycles. The lowest BCUT2D eigenvalue weighted by atomic mass is 9.87. The Morgan fingerprint density at radius 1 is 1.18 bits per heavy atom. The second-order valence-corrected chi connectivity index (χ2v) is 7.42. The summed E-state index contributed by atoms with van der Waals surface area (Å²) >= 11 is 2.09. The predicted octanol–water partition coefficient (Wildman–Crippen LogP) is 5.02. The molecule has 2 aromatic rings. The second kappa shape index (κ2) is 6.89. The minimum Gasteiger partial charge on any atom is -0.365 e. The third-order valence-electron chi connectivity index (χ3n) is 3.47. The van der Waals surface area contributed by atoms with E-state index >= 15 is 0 Å². The Kier molecular flexibility index (Phi) is 5.36. The zero-order valence-corrected chi connectivity index (χ0v) is 15.5. The first-order valence-corrected chi connectivity index (χ1v) is 8.34. The third-order valence-corrected chi connectivity index (χ3v) is 4.54. The van der Waals surface area contributed by atoms with Gasteiger partial charge in [0.15, 0.2) is 0 Å². The van der Waals surface area contributed by atoms with Gasteiger partial charge in [0.05, 0.1) is 9.26 Å². The van der Waals surface area contributed by atoms with E-state index in [-0.39, 0.29) is 5.41 Å². The van der Waals surface area contributed by atoms with E-state index in [0.717, 1.165) is 9.13 Å². The average molecular weight is 413 g/mol. The Bertz CT molecular complexity index is 633. The van der Waals surface area contributed by atoms with Crippen molar-refractivity contribution in [2.45, 2.75) is 45.8 Å². The van der Waals surface area contributed by atoms with Crippen LogP contribution in [-0.4, -0.2) is 9.97 Å². The molecule has 1 unspecified atom stereocenters. The molecule has 0 spiro atoms. The molecule has 5 heteroatoms. The van der Waals surface area contributed by atoms with E-state index in [1.54, 1.807) is 0 Å². The molecule has 0 fully saturated rings. The van der Waals surface area contributed by atoms with Gasteiger partial charge in [-0.3, -0.25) is 0 Å². The predicted molar refractivity (Wildman–Crippen MR) is 96.7 cm³/mol. The van der Waals surface area contributed by atoms with Crippen LogP contribution in [0.2, 0.25) is 0 Å². The van der Waals surface area contributed by atoms with Crippen molar-refractivity contribution in [2.75, 3.05) is 5.32 Å². The van der Waals surface area contributed by atoms with Crippen LogP contribution < -0.4 is 5.32 Å². The van der Waals surface area contributed by atoms with Crippen molar-refractivity contribution in [3.8, 4) is 0 Å². The van der Waals surface area contributed by atoms with Crippen molar-refractivity contribution in [3.05, 3.63) is 51.0 Å². The van der Waals surface area contributed by atoms with E-state index in [4.69, 9.17) is 0 Å². The van der Waals surface area contributed by atoms with Crippen molar-refractivity contribution in [1.29, 1.82) is 0 Å². The van der Waals surface area contributed by atoms with Crippen molar-refractivity contribution >= 4 is 28.4 Å². The first-order chi connectivity index (χ1) is 10.3. The molecule has 1 heterocycles. The van der Waals surface area contributed by atoms with E-state index in [0.29, 0.717) is 18.1 Å². The van der Waals surface area contributed by atoms with Crippen LogP contribution in [-0.2, 0) is 12.0 Å². The lowest BCUT2D eigenvalue weighted by Gasteiger charge is -2.19. The zero-order chi connectivity index (χ0) is 16.3. The van der Waals surface area contributed by atoms with Gasteiger partial charge in [0.2, 0.25) is 0 Å². The van der Waals surface area contributed by atoms with Gasteiger partial charge in [0.25, 0.3) is 0 Å². The van der Waals surface area contributed by atoms with Gasteiger partial charge < -0.3 is 5.32 Å². The Morgan fingerprint density at radius 3 is 2.36 bits per heavy atom. The van der Waals surface area contributed by atoms with E-state index < -0.39 is 6.17 Å². The highest BCUT2D eigenvalue weighted by molar-refractivity contribution is 14.1. The topological polar surface area (TPSA) is 37.8 Å². The zero-order valence-electron chi connectivity index (χ0n) is 13.3. The molecule has 0 saturated carbocycles. The molecule has 0 aliphatic rings. The second-order valence-electron chi connectivity index (χ2n) is 6.34. The SMILES string of the molecule is CC(F)c1ncnc(NCc2ccc(C(C)(C)C)cc2)c1I. The summed E-state index contributed by atoms with van der Waals surface area (Å²) in [6, 6.07) is 8.52. The highest BCUT2D eigenvalue weighted by Gasteiger charge is 2.15. The molecule has 1 N–H and O–H groups in total.